The van der Waals surface area contributed by atoms with Crippen LogP contribution in [0.2, 0.25) is 0 Å². The summed E-state index contributed by atoms with van der Waals surface area (Å²) in [5.41, 5.74) is 0.523. The van der Waals surface area contributed by atoms with Crippen molar-refractivity contribution >= 4 is 21.9 Å². The highest BCUT2D eigenvalue weighted by Gasteiger charge is 2.21. The summed E-state index contributed by atoms with van der Waals surface area (Å²) in [6, 6.07) is 0. The zero-order chi connectivity index (χ0) is 10.1. The Hall–Kier alpha value is -1.04. The quantitative estimate of drug-likeness (QED) is 0.864. The number of aryl methyl sites for hydroxylation is 1. The summed E-state index contributed by atoms with van der Waals surface area (Å²) >= 11 is 3.29. The number of nitrogens with zero attached hydrogens (tertiary/aromatic N) is 2. The lowest BCUT2D eigenvalue weighted by molar-refractivity contribution is -0.136. The van der Waals surface area contributed by atoms with Crippen molar-refractivity contribution in [2.75, 3.05) is 6.61 Å². The molecule has 5 nitrogen and oxygen atoms in total. The zero-order valence-electron chi connectivity index (χ0n) is 7.36. The molecular formula is C8H9BrN2O3. The Labute approximate surface area is 88.8 Å². The molecule has 0 radical (unpaired) electrons. The second kappa shape index (κ2) is 3.61. The third kappa shape index (κ3) is 1.61. The summed E-state index contributed by atoms with van der Waals surface area (Å²) in [4.78, 5) is 10.5. The maximum Gasteiger partial charge on any atom is 0.309 e. The molecule has 76 valence electrons. The molecule has 0 unspecified atom stereocenters. The molecule has 0 fully saturated rings. The number of aromatic nitrogens is 2. The van der Waals surface area contributed by atoms with Crippen LogP contribution in [0.3, 0.4) is 0 Å². The predicted octanol–water partition coefficient (Wildman–Crippen LogP) is 1.06. The molecule has 2 heterocycles. The van der Waals surface area contributed by atoms with E-state index in [1.165, 1.54) is 0 Å². The first-order chi connectivity index (χ1) is 6.68. The summed E-state index contributed by atoms with van der Waals surface area (Å²) in [5, 5.41) is 12.8. The highest BCUT2D eigenvalue weighted by Crippen LogP contribution is 2.31. The number of hydrogen-bond donors (Lipinski definition) is 1. The molecule has 0 saturated carbocycles. The molecule has 14 heavy (non-hydrogen) atoms. The molecule has 0 spiro atoms. The average molecular weight is 261 g/mol. The van der Waals surface area contributed by atoms with E-state index >= 15 is 0 Å². The first-order valence-electron chi connectivity index (χ1n) is 4.28. The fraction of sp³-hybridized carbons (Fsp3) is 0.500. The van der Waals surface area contributed by atoms with Crippen LogP contribution in [0.1, 0.15) is 12.1 Å². The van der Waals surface area contributed by atoms with E-state index in [1.54, 1.807) is 4.68 Å². The minimum absolute atomic E-state index is 0.0794. The maximum atomic E-state index is 10.5. The van der Waals surface area contributed by atoms with Gasteiger partial charge in [-0.05, 0) is 15.9 Å². The van der Waals surface area contributed by atoms with E-state index in [1.807, 2.05) is 0 Å². The second-order valence-corrected chi connectivity index (χ2v) is 3.85. The van der Waals surface area contributed by atoms with Gasteiger partial charge in [0.1, 0.15) is 4.47 Å². The Kier molecular flexibility index (Phi) is 2.45. The lowest BCUT2D eigenvalue weighted by Crippen LogP contribution is -2.14. The molecule has 0 saturated heterocycles. The first kappa shape index (κ1) is 9.51. The average Bonchev–Trinajstić information content (AvgIpc) is 2.44. The summed E-state index contributed by atoms with van der Waals surface area (Å²) in [7, 11) is 0. The molecule has 0 aliphatic carbocycles. The van der Waals surface area contributed by atoms with Crippen molar-refractivity contribution in [2.45, 2.75) is 19.4 Å². The van der Waals surface area contributed by atoms with Crippen molar-refractivity contribution in [1.29, 1.82) is 0 Å². The molecule has 1 aliphatic heterocycles. The number of ether oxygens (including phenoxy) is 1. The zero-order valence-corrected chi connectivity index (χ0v) is 8.95. The summed E-state index contributed by atoms with van der Waals surface area (Å²) in [6.07, 6.45) is 0.831. The molecular weight excluding hydrogens is 252 g/mol. The van der Waals surface area contributed by atoms with Crippen LogP contribution in [0.15, 0.2) is 4.47 Å². The molecule has 1 aromatic rings. The number of fused-ring (bicyclic) bond motifs is 1. The molecule has 2 rings (SSSR count). The lowest BCUT2D eigenvalue weighted by Gasteiger charge is -2.14. The van der Waals surface area contributed by atoms with Gasteiger partial charge in [0.05, 0.1) is 18.7 Å². The van der Waals surface area contributed by atoms with Crippen LogP contribution in [-0.4, -0.2) is 27.5 Å². The van der Waals surface area contributed by atoms with E-state index in [-0.39, 0.29) is 6.42 Å². The number of carboxylic acid groups (broad SMARTS) is 1. The van der Waals surface area contributed by atoms with Gasteiger partial charge in [-0.15, -0.1) is 0 Å². The van der Waals surface area contributed by atoms with Crippen LogP contribution in [0.5, 0.6) is 5.88 Å². The standard InChI is InChI=1S/C8H9BrN2O3/c9-7-5(4-6(12)13)10-11-2-1-3-14-8(7)11/h1-4H2,(H,12,13). The third-order valence-corrected chi connectivity index (χ3v) is 2.79. The Bertz CT molecular complexity index is 375. The van der Waals surface area contributed by atoms with Gasteiger partial charge >= 0.3 is 5.97 Å². The Morgan fingerprint density at radius 3 is 3.14 bits per heavy atom. The Morgan fingerprint density at radius 1 is 1.71 bits per heavy atom. The minimum atomic E-state index is -0.888. The van der Waals surface area contributed by atoms with Gasteiger partial charge in [0.2, 0.25) is 5.88 Å². The molecule has 6 heteroatoms. The smallest absolute Gasteiger partial charge is 0.309 e. The van der Waals surface area contributed by atoms with E-state index in [0.717, 1.165) is 13.0 Å². The molecule has 0 bridgehead atoms. The van der Waals surface area contributed by atoms with Crippen molar-refractivity contribution in [3.63, 3.8) is 0 Å². The van der Waals surface area contributed by atoms with Crippen LogP contribution in [0, 0.1) is 0 Å². The van der Waals surface area contributed by atoms with Gasteiger partial charge in [-0.3, -0.25) is 4.79 Å². The number of carbonyl (C=O) groups is 1. The highest BCUT2D eigenvalue weighted by molar-refractivity contribution is 9.10. The molecule has 1 N–H and O–H groups in total. The number of carboxylic acids is 1. The van der Waals surface area contributed by atoms with Crippen molar-refractivity contribution in [3.8, 4) is 5.88 Å². The van der Waals surface area contributed by atoms with E-state index < -0.39 is 5.97 Å². The fourth-order valence-corrected chi connectivity index (χ4v) is 1.94. The van der Waals surface area contributed by atoms with Crippen LogP contribution in [0.4, 0.5) is 0 Å². The van der Waals surface area contributed by atoms with Gasteiger partial charge in [0, 0.05) is 13.0 Å². The van der Waals surface area contributed by atoms with E-state index in [0.29, 0.717) is 22.7 Å². The number of aliphatic carboxylic acids is 1. The topological polar surface area (TPSA) is 64.3 Å². The third-order valence-electron chi connectivity index (χ3n) is 1.99. The van der Waals surface area contributed by atoms with Crippen molar-refractivity contribution in [3.05, 3.63) is 10.2 Å². The van der Waals surface area contributed by atoms with E-state index in [4.69, 9.17) is 9.84 Å². The maximum absolute atomic E-state index is 10.5. The van der Waals surface area contributed by atoms with Gasteiger partial charge in [-0.2, -0.15) is 5.10 Å². The number of rotatable bonds is 2. The fourth-order valence-electron chi connectivity index (χ4n) is 1.40. The van der Waals surface area contributed by atoms with Crippen molar-refractivity contribution in [1.82, 2.24) is 9.78 Å². The van der Waals surface area contributed by atoms with Crippen molar-refractivity contribution in [2.24, 2.45) is 0 Å². The largest absolute Gasteiger partial charge is 0.481 e. The first-order valence-corrected chi connectivity index (χ1v) is 5.07. The molecule has 0 atom stereocenters. The monoisotopic (exact) mass is 260 g/mol. The molecule has 0 aromatic carbocycles. The molecule has 0 amide bonds. The van der Waals surface area contributed by atoms with Crippen molar-refractivity contribution < 1.29 is 14.6 Å². The van der Waals surface area contributed by atoms with Crippen LogP contribution >= 0.6 is 15.9 Å². The van der Waals surface area contributed by atoms with E-state index in [9.17, 15) is 4.79 Å². The summed E-state index contributed by atoms with van der Waals surface area (Å²) < 4.78 is 7.74. The van der Waals surface area contributed by atoms with Gasteiger partial charge in [-0.1, -0.05) is 0 Å². The highest BCUT2D eigenvalue weighted by atomic mass is 79.9. The van der Waals surface area contributed by atoms with Crippen LogP contribution < -0.4 is 4.74 Å². The summed E-state index contributed by atoms with van der Waals surface area (Å²) in [6.45, 7) is 1.45. The Morgan fingerprint density at radius 2 is 2.50 bits per heavy atom. The second-order valence-electron chi connectivity index (χ2n) is 3.06. The van der Waals surface area contributed by atoms with Gasteiger partial charge in [0.15, 0.2) is 0 Å². The Balaban J connectivity index is 2.33. The predicted molar refractivity (Wildman–Crippen MR) is 51.4 cm³/mol. The summed E-state index contributed by atoms with van der Waals surface area (Å²) in [5.74, 6) is -0.242. The number of hydrogen-bond acceptors (Lipinski definition) is 3. The lowest BCUT2D eigenvalue weighted by atomic mass is 10.3. The van der Waals surface area contributed by atoms with Gasteiger partial charge < -0.3 is 9.84 Å². The van der Waals surface area contributed by atoms with E-state index in [2.05, 4.69) is 21.0 Å². The molecule has 1 aliphatic rings. The molecule has 1 aromatic heterocycles. The van der Waals surface area contributed by atoms with Crippen LogP contribution in [-0.2, 0) is 17.8 Å². The number of halogens is 1. The van der Waals surface area contributed by atoms with Gasteiger partial charge in [0.25, 0.3) is 0 Å². The van der Waals surface area contributed by atoms with Crippen LogP contribution in [0.25, 0.3) is 0 Å². The normalized spacial score (nSPS) is 14.6. The van der Waals surface area contributed by atoms with Gasteiger partial charge in [-0.25, -0.2) is 4.68 Å². The minimum Gasteiger partial charge on any atom is -0.481 e. The SMILES string of the molecule is O=C(O)Cc1nn2c(c1Br)OCCC2.